The van der Waals surface area contributed by atoms with Gasteiger partial charge in [-0.1, -0.05) is 18.2 Å². The fourth-order valence-electron chi connectivity index (χ4n) is 3.16. The zero-order valence-electron chi connectivity index (χ0n) is 12.7. The summed E-state index contributed by atoms with van der Waals surface area (Å²) >= 11 is 0. The molecule has 112 valence electrons. The minimum absolute atomic E-state index is 0.00904. The highest BCUT2D eigenvalue weighted by Crippen LogP contribution is 2.43. The van der Waals surface area contributed by atoms with Crippen LogP contribution in [0.5, 0.6) is 0 Å². The predicted octanol–water partition coefficient (Wildman–Crippen LogP) is 2.09. The quantitative estimate of drug-likeness (QED) is 0.767. The second-order valence-corrected chi connectivity index (χ2v) is 6.93. The number of carbonyl (C=O) groups is 2. The number of para-hydroxylation sites is 1. The lowest BCUT2D eigenvalue weighted by Gasteiger charge is -2.27. The van der Waals surface area contributed by atoms with Crippen molar-refractivity contribution in [2.75, 3.05) is 18.4 Å². The normalized spacial score (nSPS) is 24.1. The van der Waals surface area contributed by atoms with Crippen LogP contribution in [0.15, 0.2) is 24.3 Å². The summed E-state index contributed by atoms with van der Waals surface area (Å²) in [4.78, 5) is 26.5. The van der Waals surface area contributed by atoms with Crippen LogP contribution < -0.4 is 10.6 Å². The van der Waals surface area contributed by atoms with Gasteiger partial charge in [-0.25, -0.2) is 4.79 Å². The fraction of sp³-hybridized carbons (Fsp3) is 0.500. The molecule has 2 N–H and O–H groups in total. The van der Waals surface area contributed by atoms with Gasteiger partial charge in [-0.15, -0.1) is 0 Å². The first-order valence-corrected chi connectivity index (χ1v) is 7.30. The number of fused-ring (bicyclic) bond motifs is 2. The van der Waals surface area contributed by atoms with Crippen molar-refractivity contribution in [3.8, 4) is 0 Å². The highest BCUT2D eigenvalue weighted by molar-refractivity contribution is 6.07. The Bertz CT molecular complexity index is 606. The van der Waals surface area contributed by atoms with Crippen molar-refractivity contribution < 1.29 is 9.59 Å². The zero-order valence-corrected chi connectivity index (χ0v) is 12.7. The molecule has 3 amide bonds. The van der Waals surface area contributed by atoms with E-state index in [9.17, 15) is 9.59 Å². The van der Waals surface area contributed by atoms with E-state index in [-0.39, 0.29) is 17.5 Å². The van der Waals surface area contributed by atoms with Crippen LogP contribution in [0.4, 0.5) is 10.5 Å². The molecule has 2 aliphatic heterocycles. The molecule has 2 aliphatic rings. The molecular weight excluding hydrogens is 266 g/mol. The van der Waals surface area contributed by atoms with Crippen LogP contribution in [0.1, 0.15) is 32.8 Å². The fourth-order valence-corrected chi connectivity index (χ4v) is 3.16. The Labute approximate surface area is 124 Å². The smallest absolute Gasteiger partial charge is 0.317 e. The molecule has 0 saturated carbocycles. The predicted molar refractivity (Wildman–Crippen MR) is 81.2 cm³/mol. The van der Waals surface area contributed by atoms with Crippen molar-refractivity contribution in [3.05, 3.63) is 29.8 Å². The van der Waals surface area contributed by atoms with Crippen LogP contribution in [0, 0.1) is 0 Å². The first-order chi connectivity index (χ1) is 9.82. The maximum absolute atomic E-state index is 12.4. The van der Waals surface area contributed by atoms with Gasteiger partial charge in [0.15, 0.2) is 0 Å². The summed E-state index contributed by atoms with van der Waals surface area (Å²) in [6, 6.07) is 7.66. The number of hydrogen-bond acceptors (Lipinski definition) is 2. The van der Waals surface area contributed by atoms with Gasteiger partial charge in [0.1, 0.15) is 0 Å². The molecule has 5 nitrogen and oxygen atoms in total. The Morgan fingerprint density at radius 2 is 2.05 bits per heavy atom. The molecule has 1 spiro atoms. The number of rotatable bonds is 0. The molecule has 0 aromatic heterocycles. The van der Waals surface area contributed by atoms with Gasteiger partial charge in [0.2, 0.25) is 5.91 Å². The van der Waals surface area contributed by atoms with Crippen molar-refractivity contribution >= 4 is 17.6 Å². The summed E-state index contributed by atoms with van der Waals surface area (Å²) in [6.07, 6.45) is 0.674. The number of anilines is 1. The second kappa shape index (κ2) is 4.48. The van der Waals surface area contributed by atoms with Gasteiger partial charge in [-0.2, -0.15) is 0 Å². The minimum Gasteiger partial charge on any atom is -0.333 e. The van der Waals surface area contributed by atoms with Crippen LogP contribution in [-0.2, 0) is 10.2 Å². The van der Waals surface area contributed by atoms with Crippen LogP contribution in [0.2, 0.25) is 0 Å². The lowest BCUT2D eigenvalue weighted by molar-refractivity contribution is -0.120. The number of nitrogens with zero attached hydrogens (tertiary/aromatic N) is 1. The van der Waals surface area contributed by atoms with Crippen molar-refractivity contribution in [3.63, 3.8) is 0 Å². The number of amides is 3. The molecule has 5 heteroatoms. The number of hydrogen-bond donors (Lipinski definition) is 2. The lowest BCUT2D eigenvalue weighted by atomic mass is 9.81. The number of likely N-dealkylation sites (tertiary alicyclic amines) is 1. The summed E-state index contributed by atoms with van der Waals surface area (Å²) in [5.74, 6) is 0.00904. The molecule has 21 heavy (non-hydrogen) atoms. The first-order valence-electron chi connectivity index (χ1n) is 7.30. The number of benzene rings is 1. The second-order valence-electron chi connectivity index (χ2n) is 6.93. The largest absolute Gasteiger partial charge is 0.333 e. The number of carbonyl (C=O) groups excluding carboxylic acids is 2. The van der Waals surface area contributed by atoms with Crippen molar-refractivity contribution in [2.45, 2.75) is 38.1 Å². The minimum atomic E-state index is -0.578. The summed E-state index contributed by atoms with van der Waals surface area (Å²) < 4.78 is 0. The monoisotopic (exact) mass is 287 g/mol. The van der Waals surface area contributed by atoms with Gasteiger partial charge in [-0.3, -0.25) is 4.79 Å². The van der Waals surface area contributed by atoms with Gasteiger partial charge in [0, 0.05) is 24.3 Å². The van der Waals surface area contributed by atoms with Gasteiger partial charge in [0.05, 0.1) is 5.41 Å². The van der Waals surface area contributed by atoms with Crippen molar-refractivity contribution in [1.82, 2.24) is 10.2 Å². The SMILES string of the molecule is CC(C)(C)NC(=O)N1CC[C@]2(C1)C(=O)Nc1ccccc12. The third-order valence-corrected chi connectivity index (χ3v) is 4.16. The molecule has 1 fully saturated rings. The van der Waals surface area contributed by atoms with Gasteiger partial charge >= 0.3 is 6.03 Å². The summed E-state index contributed by atoms with van der Waals surface area (Å²) in [6.45, 7) is 6.90. The van der Waals surface area contributed by atoms with Crippen LogP contribution >= 0.6 is 0 Å². The highest BCUT2D eigenvalue weighted by Gasteiger charge is 2.52. The molecule has 1 atom stereocenters. The van der Waals surface area contributed by atoms with E-state index in [0.29, 0.717) is 19.5 Å². The standard InChI is InChI=1S/C16H21N3O2/c1-15(2,3)18-14(21)19-9-8-16(10-19)11-6-4-5-7-12(11)17-13(16)20/h4-7H,8-10H2,1-3H3,(H,17,20)(H,18,21)/t16-/m1/s1. The Balaban J connectivity index is 1.84. The van der Waals surface area contributed by atoms with E-state index < -0.39 is 5.41 Å². The van der Waals surface area contributed by atoms with Gasteiger partial charge < -0.3 is 15.5 Å². The third-order valence-electron chi connectivity index (χ3n) is 4.16. The zero-order chi connectivity index (χ0) is 15.3. The molecule has 1 saturated heterocycles. The average Bonchev–Trinajstić information content (AvgIpc) is 2.93. The average molecular weight is 287 g/mol. The van der Waals surface area contributed by atoms with E-state index in [4.69, 9.17) is 0 Å². The topological polar surface area (TPSA) is 61.4 Å². The van der Waals surface area contributed by atoms with Crippen LogP contribution in [0.3, 0.4) is 0 Å². The van der Waals surface area contributed by atoms with Gasteiger partial charge in [0.25, 0.3) is 0 Å². The molecular formula is C16H21N3O2. The summed E-state index contributed by atoms with van der Waals surface area (Å²) in [5, 5.41) is 5.90. The Morgan fingerprint density at radius 1 is 1.33 bits per heavy atom. The summed E-state index contributed by atoms with van der Waals surface area (Å²) in [5.41, 5.74) is 1.04. The number of nitrogens with one attached hydrogen (secondary N) is 2. The van der Waals surface area contributed by atoms with E-state index in [1.54, 1.807) is 4.90 Å². The Hall–Kier alpha value is -2.04. The van der Waals surface area contributed by atoms with E-state index in [2.05, 4.69) is 10.6 Å². The van der Waals surface area contributed by atoms with E-state index in [1.807, 2.05) is 45.0 Å². The first kappa shape index (κ1) is 13.9. The molecule has 0 unspecified atom stereocenters. The van der Waals surface area contributed by atoms with E-state index in [0.717, 1.165) is 11.3 Å². The highest BCUT2D eigenvalue weighted by atomic mass is 16.2. The van der Waals surface area contributed by atoms with Crippen LogP contribution in [-0.4, -0.2) is 35.5 Å². The van der Waals surface area contributed by atoms with Crippen molar-refractivity contribution in [1.29, 1.82) is 0 Å². The lowest BCUT2D eigenvalue weighted by Crippen LogP contribution is -2.49. The maximum Gasteiger partial charge on any atom is 0.317 e. The molecule has 0 bridgehead atoms. The van der Waals surface area contributed by atoms with Crippen LogP contribution in [0.25, 0.3) is 0 Å². The molecule has 2 heterocycles. The Morgan fingerprint density at radius 3 is 2.76 bits per heavy atom. The molecule has 0 radical (unpaired) electrons. The van der Waals surface area contributed by atoms with E-state index >= 15 is 0 Å². The van der Waals surface area contributed by atoms with E-state index in [1.165, 1.54) is 0 Å². The molecule has 1 aromatic rings. The molecule has 1 aromatic carbocycles. The third kappa shape index (κ3) is 2.26. The summed E-state index contributed by atoms with van der Waals surface area (Å²) in [7, 11) is 0. The van der Waals surface area contributed by atoms with Gasteiger partial charge in [-0.05, 0) is 38.8 Å². The number of urea groups is 1. The van der Waals surface area contributed by atoms with Crippen molar-refractivity contribution in [2.24, 2.45) is 0 Å². The Kier molecular flexibility index (Phi) is 2.97. The maximum atomic E-state index is 12.4. The molecule has 3 rings (SSSR count). The molecule has 0 aliphatic carbocycles.